The third-order valence-electron chi connectivity index (χ3n) is 2.55. The van der Waals surface area contributed by atoms with E-state index in [-0.39, 0.29) is 5.54 Å². The zero-order valence-corrected chi connectivity index (χ0v) is 9.58. The van der Waals surface area contributed by atoms with Crippen LogP contribution in [0.5, 0.6) is 0 Å². The van der Waals surface area contributed by atoms with Crippen molar-refractivity contribution in [3.05, 3.63) is 18.3 Å². The van der Waals surface area contributed by atoms with Crippen LogP contribution in [0.15, 0.2) is 12.4 Å². The maximum atomic E-state index is 12.7. The Labute approximate surface area is 89.5 Å². The molecule has 0 radical (unpaired) electrons. The second-order valence-electron chi connectivity index (χ2n) is 4.29. The van der Waals surface area contributed by atoms with Gasteiger partial charge in [0.15, 0.2) is 0 Å². The Balaban J connectivity index is 2.57. The number of aromatic nitrogens is 2. The zero-order chi connectivity index (χ0) is 11.5. The van der Waals surface area contributed by atoms with Crippen molar-refractivity contribution in [3.8, 4) is 0 Å². The summed E-state index contributed by atoms with van der Waals surface area (Å²) in [4.78, 5) is 9.41. The lowest BCUT2D eigenvalue weighted by Crippen LogP contribution is -2.44. The Morgan fingerprint density at radius 1 is 1.40 bits per heavy atom. The van der Waals surface area contributed by atoms with Crippen LogP contribution in [0.3, 0.4) is 0 Å². The van der Waals surface area contributed by atoms with Crippen molar-refractivity contribution in [1.29, 1.82) is 0 Å². The molecule has 15 heavy (non-hydrogen) atoms. The molecule has 0 saturated heterocycles. The Morgan fingerprint density at radius 2 is 2.07 bits per heavy atom. The summed E-state index contributed by atoms with van der Waals surface area (Å²) in [7, 11) is 4.00. The molecular weight excluding hydrogens is 195 g/mol. The molecule has 0 spiro atoms. The predicted molar refractivity (Wildman–Crippen MR) is 58.2 cm³/mol. The molecule has 1 aromatic heterocycles. The second kappa shape index (κ2) is 4.53. The van der Waals surface area contributed by atoms with Gasteiger partial charge in [-0.2, -0.15) is 4.39 Å². The first-order chi connectivity index (χ1) is 6.92. The zero-order valence-electron chi connectivity index (χ0n) is 9.58. The summed E-state index contributed by atoms with van der Waals surface area (Å²) in [5.74, 6) is -0.00687. The van der Waals surface area contributed by atoms with Gasteiger partial charge < -0.3 is 10.2 Å². The molecule has 0 saturated carbocycles. The monoisotopic (exact) mass is 212 g/mol. The molecule has 0 aliphatic rings. The lowest BCUT2D eigenvalue weighted by Gasteiger charge is -2.32. The summed E-state index contributed by atoms with van der Waals surface area (Å²) in [6.45, 7) is 4.88. The van der Waals surface area contributed by atoms with Crippen LogP contribution in [-0.4, -0.2) is 41.0 Å². The van der Waals surface area contributed by atoms with Gasteiger partial charge >= 0.3 is 0 Å². The van der Waals surface area contributed by atoms with Gasteiger partial charge in [-0.25, -0.2) is 9.97 Å². The van der Waals surface area contributed by atoms with Crippen LogP contribution in [0.4, 0.5) is 10.2 Å². The minimum atomic E-state index is -0.518. The molecule has 0 aliphatic carbocycles. The van der Waals surface area contributed by atoms with Crippen LogP contribution in [-0.2, 0) is 0 Å². The van der Waals surface area contributed by atoms with E-state index in [1.54, 1.807) is 0 Å². The van der Waals surface area contributed by atoms with Gasteiger partial charge in [0.05, 0.1) is 0 Å². The van der Waals surface area contributed by atoms with E-state index in [0.29, 0.717) is 12.4 Å². The molecule has 84 valence electrons. The highest BCUT2D eigenvalue weighted by atomic mass is 19.1. The van der Waals surface area contributed by atoms with Crippen molar-refractivity contribution in [2.45, 2.75) is 19.4 Å². The summed E-state index contributed by atoms with van der Waals surface area (Å²) in [5.41, 5.74) is -0.0125. The van der Waals surface area contributed by atoms with Crippen molar-refractivity contribution in [2.75, 3.05) is 26.0 Å². The lowest BCUT2D eigenvalue weighted by atomic mass is 10.0. The summed E-state index contributed by atoms with van der Waals surface area (Å²) < 4.78 is 12.7. The first-order valence-electron chi connectivity index (χ1n) is 4.81. The Kier molecular flexibility index (Phi) is 3.57. The van der Waals surface area contributed by atoms with Crippen molar-refractivity contribution in [2.24, 2.45) is 0 Å². The number of nitrogens with one attached hydrogen (secondary N) is 1. The second-order valence-corrected chi connectivity index (χ2v) is 4.29. The highest BCUT2D eigenvalue weighted by molar-refractivity contribution is 5.32. The van der Waals surface area contributed by atoms with E-state index in [1.165, 1.54) is 12.4 Å². The van der Waals surface area contributed by atoms with Crippen LogP contribution in [0.2, 0.25) is 0 Å². The smallest absolute Gasteiger partial charge is 0.217 e. The Hall–Kier alpha value is -1.23. The van der Waals surface area contributed by atoms with Crippen LogP contribution < -0.4 is 5.32 Å². The number of rotatable bonds is 4. The van der Waals surface area contributed by atoms with Gasteiger partial charge in [0, 0.05) is 18.2 Å². The number of likely N-dealkylation sites (N-methyl/N-ethyl adjacent to an activating group) is 1. The minimum absolute atomic E-state index is 0.0125. The maximum absolute atomic E-state index is 12.7. The third-order valence-corrected chi connectivity index (χ3v) is 2.55. The highest BCUT2D eigenvalue weighted by Crippen LogP contribution is 2.11. The molecule has 1 aromatic rings. The largest absolute Gasteiger partial charge is 0.368 e. The molecule has 1 rings (SSSR count). The molecule has 1 N–H and O–H groups in total. The average molecular weight is 212 g/mol. The average Bonchev–Trinajstić information content (AvgIpc) is 2.15. The lowest BCUT2D eigenvalue weighted by molar-refractivity contribution is 0.210. The molecule has 0 aliphatic heterocycles. The first kappa shape index (κ1) is 11.8. The van der Waals surface area contributed by atoms with Crippen molar-refractivity contribution >= 4 is 5.82 Å². The number of hydrogen-bond acceptors (Lipinski definition) is 4. The number of hydrogen-bond donors (Lipinski definition) is 1. The third kappa shape index (κ3) is 3.43. The summed E-state index contributed by atoms with van der Waals surface area (Å²) >= 11 is 0. The normalized spacial score (nSPS) is 11.9. The SMILES string of the molecule is CN(C)C(C)(C)CNc1cc(F)ncn1. The number of nitrogens with zero attached hydrogens (tertiary/aromatic N) is 3. The standard InChI is InChI=1S/C10H17FN4/c1-10(2,15(3)4)6-12-9-5-8(11)13-7-14-9/h5,7H,6H2,1-4H3,(H,12,13,14). The van der Waals surface area contributed by atoms with Gasteiger partial charge in [-0.15, -0.1) is 0 Å². The summed E-state index contributed by atoms with van der Waals surface area (Å²) in [6, 6.07) is 1.28. The van der Waals surface area contributed by atoms with E-state index >= 15 is 0 Å². The number of halogens is 1. The fourth-order valence-corrected chi connectivity index (χ4v) is 0.895. The molecule has 4 nitrogen and oxygen atoms in total. The molecule has 0 bridgehead atoms. The fraction of sp³-hybridized carbons (Fsp3) is 0.600. The molecule has 0 unspecified atom stereocenters. The van der Waals surface area contributed by atoms with Gasteiger partial charge in [-0.05, 0) is 27.9 Å². The van der Waals surface area contributed by atoms with Crippen molar-refractivity contribution in [3.63, 3.8) is 0 Å². The van der Waals surface area contributed by atoms with Gasteiger partial charge in [0.25, 0.3) is 0 Å². The van der Waals surface area contributed by atoms with E-state index in [9.17, 15) is 4.39 Å². The van der Waals surface area contributed by atoms with E-state index in [4.69, 9.17) is 0 Å². The highest BCUT2D eigenvalue weighted by Gasteiger charge is 2.19. The van der Waals surface area contributed by atoms with Crippen molar-refractivity contribution < 1.29 is 4.39 Å². The van der Waals surface area contributed by atoms with Gasteiger partial charge in [0.2, 0.25) is 5.95 Å². The van der Waals surface area contributed by atoms with Crippen LogP contribution in [0.25, 0.3) is 0 Å². The van der Waals surface area contributed by atoms with E-state index in [0.717, 1.165) is 0 Å². The molecule has 5 heteroatoms. The van der Waals surface area contributed by atoms with Gasteiger partial charge in [0.1, 0.15) is 12.1 Å². The molecule has 0 fully saturated rings. The molecule has 0 atom stereocenters. The molecule has 0 amide bonds. The fourth-order valence-electron chi connectivity index (χ4n) is 0.895. The predicted octanol–water partition coefficient (Wildman–Crippen LogP) is 1.37. The Bertz CT molecular complexity index is 325. The number of anilines is 1. The maximum Gasteiger partial charge on any atom is 0.217 e. The van der Waals surface area contributed by atoms with Crippen LogP contribution >= 0.6 is 0 Å². The van der Waals surface area contributed by atoms with Crippen molar-refractivity contribution in [1.82, 2.24) is 14.9 Å². The van der Waals surface area contributed by atoms with Gasteiger partial charge in [-0.1, -0.05) is 0 Å². The van der Waals surface area contributed by atoms with E-state index in [2.05, 4.69) is 34.0 Å². The summed E-state index contributed by atoms with van der Waals surface area (Å²) in [6.07, 6.45) is 1.21. The van der Waals surface area contributed by atoms with Crippen LogP contribution in [0, 0.1) is 5.95 Å². The molecule has 0 aromatic carbocycles. The van der Waals surface area contributed by atoms with Crippen LogP contribution in [0.1, 0.15) is 13.8 Å². The van der Waals surface area contributed by atoms with E-state index < -0.39 is 5.95 Å². The topological polar surface area (TPSA) is 41.0 Å². The van der Waals surface area contributed by atoms with E-state index in [1.807, 2.05) is 14.1 Å². The molecule has 1 heterocycles. The quantitative estimate of drug-likeness (QED) is 0.765. The molecular formula is C10H17FN4. The first-order valence-corrected chi connectivity index (χ1v) is 4.81. The van der Waals surface area contributed by atoms with Gasteiger partial charge in [-0.3, -0.25) is 0 Å². The summed E-state index contributed by atoms with van der Waals surface area (Å²) in [5, 5.41) is 3.07. The Morgan fingerprint density at radius 3 is 2.60 bits per heavy atom. The minimum Gasteiger partial charge on any atom is -0.368 e.